The van der Waals surface area contributed by atoms with Crippen LogP contribution in [-0.4, -0.2) is 12.1 Å². The fraction of sp³-hybridized carbons (Fsp3) is 0.727. The van der Waals surface area contributed by atoms with Crippen LogP contribution in [0.15, 0.2) is 12.2 Å². The number of carbonyl (C=O) groups excluding carboxylic acids is 1. The molecule has 0 bridgehead atoms. The lowest BCUT2D eigenvalue weighted by Crippen LogP contribution is -2.08. The molecule has 0 saturated heterocycles. The normalized spacial score (nSPS) is 13.2. The Hall–Kier alpha value is -0.790. The van der Waals surface area contributed by atoms with Gasteiger partial charge in [-0.25, -0.2) is 0 Å². The van der Waals surface area contributed by atoms with Gasteiger partial charge in [-0.3, -0.25) is 4.79 Å². The molecule has 0 fully saturated rings. The summed E-state index contributed by atoms with van der Waals surface area (Å²) >= 11 is 0. The minimum Gasteiger partial charge on any atom is -0.459 e. The lowest BCUT2D eigenvalue weighted by Gasteiger charge is -2.05. The minimum atomic E-state index is -0.217. The summed E-state index contributed by atoms with van der Waals surface area (Å²) in [5.74, 6) is -0.217. The molecule has 0 aromatic rings. The van der Waals surface area contributed by atoms with Gasteiger partial charge in [0.05, 0.1) is 0 Å². The summed E-state index contributed by atoms with van der Waals surface area (Å²) in [6.07, 6.45) is 8.76. The molecular weight excluding hydrogens is 164 g/mol. The number of rotatable bonds is 6. The van der Waals surface area contributed by atoms with Gasteiger partial charge in [0.1, 0.15) is 6.10 Å². The van der Waals surface area contributed by atoms with Crippen LogP contribution < -0.4 is 0 Å². The molecule has 13 heavy (non-hydrogen) atoms. The lowest BCUT2D eigenvalue weighted by molar-refractivity contribution is -0.143. The van der Waals surface area contributed by atoms with Crippen molar-refractivity contribution < 1.29 is 9.53 Å². The molecule has 1 atom stereocenters. The molecule has 0 aliphatic rings. The molecule has 0 heterocycles. The van der Waals surface area contributed by atoms with E-state index in [2.05, 4.69) is 13.0 Å². The van der Waals surface area contributed by atoms with Crippen molar-refractivity contribution in [2.75, 3.05) is 0 Å². The van der Waals surface area contributed by atoms with Gasteiger partial charge in [0.15, 0.2) is 0 Å². The first kappa shape index (κ1) is 12.2. The second-order valence-electron chi connectivity index (χ2n) is 3.24. The average Bonchev–Trinajstić information content (AvgIpc) is 2.02. The lowest BCUT2D eigenvalue weighted by atomic mass is 10.2. The van der Waals surface area contributed by atoms with E-state index >= 15 is 0 Å². The highest BCUT2D eigenvalue weighted by Gasteiger charge is 1.98. The van der Waals surface area contributed by atoms with Gasteiger partial charge in [0.25, 0.3) is 0 Å². The van der Waals surface area contributed by atoms with Gasteiger partial charge in [-0.1, -0.05) is 25.8 Å². The van der Waals surface area contributed by atoms with Gasteiger partial charge in [-0.15, -0.1) is 0 Å². The summed E-state index contributed by atoms with van der Waals surface area (Å²) in [5, 5.41) is 0. The zero-order valence-corrected chi connectivity index (χ0v) is 8.88. The first-order chi connectivity index (χ1) is 6.16. The number of hydrogen-bond acceptors (Lipinski definition) is 2. The van der Waals surface area contributed by atoms with Gasteiger partial charge in [-0.2, -0.15) is 0 Å². The smallest absolute Gasteiger partial charge is 0.303 e. The molecule has 0 saturated carbocycles. The quantitative estimate of drug-likeness (QED) is 0.360. The van der Waals surface area contributed by atoms with E-state index in [1.165, 1.54) is 26.2 Å². The van der Waals surface area contributed by atoms with Crippen molar-refractivity contribution in [3.8, 4) is 0 Å². The Kier molecular flexibility index (Phi) is 7.36. The Morgan fingerprint density at radius 1 is 1.46 bits per heavy atom. The summed E-state index contributed by atoms with van der Waals surface area (Å²) in [6, 6.07) is 0. The Morgan fingerprint density at radius 2 is 2.15 bits per heavy atom. The van der Waals surface area contributed by atoms with Crippen molar-refractivity contribution in [2.24, 2.45) is 0 Å². The van der Waals surface area contributed by atoms with Gasteiger partial charge < -0.3 is 4.74 Å². The largest absolute Gasteiger partial charge is 0.459 e. The number of allylic oxidation sites excluding steroid dienone is 1. The van der Waals surface area contributed by atoms with Crippen LogP contribution in [0.5, 0.6) is 0 Å². The van der Waals surface area contributed by atoms with Crippen LogP contribution in [0.4, 0.5) is 0 Å². The molecule has 0 aromatic carbocycles. The Labute approximate surface area is 81.0 Å². The van der Waals surface area contributed by atoms with E-state index in [-0.39, 0.29) is 12.1 Å². The number of ether oxygens (including phenoxy) is 1. The van der Waals surface area contributed by atoms with E-state index < -0.39 is 0 Å². The third kappa shape index (κ3) is 9.12. The van der Waals surface area contributed by atoms with Crippen molar-refractivity contribution in [3.05, 3.63) is 12.2 Å². The van der Waals surface area contributed by atoms with E-state index in [1.807, 2.05) is 13.0 Å². The highest BCUT2D eigenvalue weighted by atomic mass is 16.5. The molecule has 0 radical (unpaired) electrons. The van der Waals surface area contributed by atoms with Gasteiger partial charge in [-0.05, 0) is 25.8 Å². The van der Waals surface area contributed by atoms with Crippen molar-refractivity contribution in [2.45, 2.75) is 52.6 Å². The van der Waals surface area contributed by atoms with Crippen LogP contribution in [0.25, 0.3) is 0 Å². The van der Waals surface area contributed by atoms with Crippen LogP contribution in [-0.2, 0) is 9.53 Å². The Balaban J connectivity index is 3.41. The van der Waals surface area contributed by atoms with E-state index in [1.54, 1.807) is 0 Å². The first-order valence-corrected chi connectivity index (χ1v) is 5.00. The number of hydrogen-bond donors (Lipinski definition) is 0. The molecule has 0 aromatic heterocycles. The molecular formula is C11H20O2. The van der Waals surface area contributed by atoms with Crippen LogP contribution >= 0.6 is 0 Å². The molecule has 0 aliphatic carbocycles. The molecule has 0 amide bonds. The molecule has 0 rings (SSSR count). The molecule has 2 heteroatoms. The first-order valence-electron chi connectivity index (χ1n) is 5.00. The maximum atomic E-state index is 10.5. The highest BCUT2D eigenvalue weighted by Crippen LogP contribution is 2.01. The minimum absolute atomic E-state index is 0.0841. The monoisotopic (exact) mass is 184 g/mol. The number of carbonyl (C=O) groups is 1. The summed E-state index contributed by atoms with van der Waals surface area (Å²) in [5.41, 5.74) is 0. The molecule has 0 N–H and O–H groups in total. The standard InChI is InChI=1S/C11H20O2/c1-4-5-6-7-8-9-10(2)13-11(3)12/h8-10H,4-7H2,1-3H3/b9-8-/t10-/m1/s1. The van der Waals surface area contributed by atoms with Crippen molar-refractivity contribution in [3.63, 3.8) is 0 Å². The van der Waals surface area contributed by atoms with E-state index in [4.69, 9.17) is 4.74 Å². The fourth-order valence-corrected chi connectivity index (χ4v) is 1.10. The molecule has 0 spiro atoms. The van der Waals surface area contributed by atoms with E-state index in [9.17, 15) is 4.79 Å². The third-order valence-corrected chi connectivity index (χ3v) is 1.73. The number of unbranched alkanes of at least 4 members (excludes halogenated alkanes) is 3. The summed E-state index contributed by atoms with van der Waals surface area (Å²) in [6.45, 7) is 5.49. The van der Waals surface area contributed by atoms with Crippen molar-refractivity contribution >= 4 is 5.97 Å². The summed E-state index contributed by atoms with van der Waals surface area (Å²) in [7, 11) is 0. The van der Waals surface area contributed by atoms with E-state index in [0.717, 1.165) is 6.42 Å². The van der Waals surface area contributed by atoms with Gasteiger partial charge >= 0.3 is 5.97 Å². The zero-order valence-electron chi connectivity index (χ0n) is 8.88. The topological polar surface area (TPSA) is 26.3 Å². The molecule has 76 valence electrons. The van der Waals surface area contributed by atoms with E-state index in [0.29, 0.717) is 0 Å². The maximum absolute atomic E-state index is 10.5. The highest BCUT2D eigenvalue weighted by molar-refractivity contribution is 5.66. The van der Waals surface area contributed by atoms with Crippen molar-refractivity contribution in [1.29, 1.82) is 0 Å². The fourth-order valence-electron chi connectivity index (χ4n) is 1.10. The van der Waals surface area contributed by atoms with Crippen LogP contribution in [0, 0.1) is 0 Å². The van der Waals surface area contributed by atoms with Crippen LogP contribution in [0.3, 0.4) is 0 Å². The number of esters is 1. The predicted octanol–water partition coefficient (Wildman–Crippen LogP) is 3.07. The molecule has 0 unspecified atom stereocenters. The van der Waals surface area contributed by atoms with Gasteiger partial charge in [0, 0.05) is 6.92 Å². The zero-order chi connectivity index (χ0) is 10.1. The van der Waals surface area contributed by atoms with Gasteiger partial charge in [0.2, 0.25) is 0 Å². The molecule has 0 aliphatic heterocycles. The Morgan fingerprint density at radius 3 is 2.69 bits per heavy atom. The maximum Gasteiger partial charge on any atom is 0.303 e. The third-order valence-electron chi connectivity index (χ3n) is 1.73. The summed E-state index contributed by atoms with van der Waals surface area (Å²) < 4.78 is 4.93. The SMILES string of the molecule is CCCCC/C=C\[C@@H](C)OC(C)=O. The van der Waals surface area contributed by atoms with Crippen molar-refractivity contribution in [1.82, 2.24) is 0 Å². The second-order valence-corrected chi connectivity index (χ2v) is 3.24. The van der Waals surface area contributed by atoms with Crippen LogP contribution in [0.1, 0.15) is 46.5 Å². The second kappa shape index (κ2) is 7.84. The average molecular weight is 184 g/mol. The molecule has 2 nitrogen and oxygen atoms in total. The predicted molar refractivity (Wildman–Crippen MR) is 54.5 cm³/mol. The Bertz CT molecular complexity index is 161. The van der Waals surface area contributed by atoms with Crippen LogP contribution in [0.2, 0.25) is 0 Å². The summed E-state index contributed by atoms with van der Waals surface area (Å²) in [4.78, 5) is 10.5.